The summed E-state index contributed by atoms with van der Waals surface area (Å²) in [5.74, 6) is 0. The number of ether oxygens (including phenoxy) is 1. The number of aromatic amines is 1. The van der Waals surface area contributed by atoms with Gasteiger partial charge in [-0.3, -0.25) is 5.10 Å². The zero-order valence-electron chi connectivity index (χ0n) is 12.6. The molecule has 1 aliphatic rings. The van der Waals surface area contributed by atoms with Crippen molar-refractivity contribution < 1.29 is 13.2 Å². The minimum absolute atomic E-state index is 0.00472. The normalized spacial score (nSPS) is 20.8. The highest BCUT2D eigenvalue weighted by molar-refractivity contribution is 7.89. The summed E-state index contributed by atoms with van der Waals surface area (Å²) in [6, 6.07) is -0.00472. The first kappa shape index (κ1) is 16.4. The molecule has 8 heteroatoms. The number of hydrogen-bond acceptors (Lipinski definition) is 5. The van der Waals surface area contributed by atoms with Gasteiger partial charge >= 0.3 is 0 Å². The Hall–Kier alpha value is -0.960. The fourth-order valence-electron chi connectivity index (χ4n) is 2.66. The number of piperidine rings is 1. The molecule has 0 aliphatic carbocycles. The van der Waals surface area contributed by atoms with Crippen LogP contribution in [0.2, 0.25) is 0 Å². The Kier molecular flexibility index (Phi) is 5.74. The van der Waals surface area contributed by atoms with Crippen LogP contribution in [0.5, 0.6) is 0 Å². The SMILES string of the molecule is COCCNCC1CCCCN1S(=O)(=O)c1cn[nH]c1C. The summed E-state index contributed by atoms with van der Waals surface area (Å²) in [4.78, 5) is 0.284. The molecule has 1 aromatic rings. The molecule has 2 N–H and O–H groups in total. The first-order valence-electron chi connectivity index (χ1n) is 7.29. The highest BCUT2D eigenvalue weighted by Gasteiger charge is 2.34. The number of aryl methyl sites for hydroxylation is 1. The van der Waals surface area contributed by atoms with E-state index in [0.29, 0.717) is 25.4 Å². The molecule has 1 atom stereocenters. The van der Waals surface area contributed by atoms with Gasteiger partial charge in [-0.05, 0) is 19.8 Å². The number of sulfonamides is 1. The Morgan fingerprint density at radius 3 is 3.00 bits per heavy atom. The average molecular weight is 316 g/mol. The van der Waals surface area contributed by atoms with Crippen LogP contribution in [-0.4, -0.2) is 62.3 Å². The van der Waals surface area contributed by atoms with E-state index < -0.39 is 10.0 Å². The Morgan fingerprint density at radius 2 is 2.33 bits per heavy atom. The fraction of sp³-hybridized carbons (Fsp3) is 0.769. The summed E-state index contributed by atoms with van der Waals surface area (Å²) >= 11 is 0. The molecule has 0 saturated carbocycles. The summed E-state index contributed by atoms with van der Waals surface area (Å²) in [6.45, 7) is 4.31. The van der Waals surface area contributed by atoms with Gasteiger partial charge in [0.15, 0.2) is 0 Å². The van der Waals surface area contributed by atoms with E-state index in [0.717, 1.165) is 25.8 Å². The summed E-state index contributed by atoms with van der Waals surface area (Å²) < 4.78 is 32.2. The van der Waals surface area contributed by atoms with Crippen LogP contribution in [-0.2, 0) is 14.8 Å². The molecule has 7 nitrogen and oxygen atoms in total. The van der Waals surface area contributed by atoms with Crippen molar-refractivity contribution in [1.82, 2.24) is 19.8 Å². The predicted octanol–water partition coefficient (Wildman–Crippen LogP) is 0.497. The van der Waals surface area contributed by atoms with Gasteiger partial charge in [0.25, 0.3) is 0 Å². The molecule has 1 aliphatic heterocycles. The first-order chi connectivity index (χ1) is 10.1. The molecule has 0 radical (unpaired) electrons. The fourth-order valence-corrected chi connectivity index (χ4v) is 4.48. The van der Waals surface area contributed by atoms with Crippen LogP contribution < -0.4 is 5.32 Å². The van der Waals surface area contributed by atoms with E-state index >= 15 is 0 Å². The third kappa shape index (κ3) is 3.82. The Balaban J connectivity index is 2.09. The standard InChI is InChI=1S/C13H24N4O3S/c1-11-13(10-15-16-11)21(18,19)17-7-4-3-5-12(17)9-14-6-8-20-2/h10,12,14H,3-9H2,1-2H3,(H,15,16). The monoisotopic (exact) mass is 316 g/mol. The van der Waals surface area contributed by atoms with Crippen LogP contribution in [0.1, 0.15) is 25.0 Å². The van der Waals surface area contributed by atoms with Crippen LogP contribution in [0.15, 0.2) is 11.1 Å². The van der Waals surface area contributed by atoms with Crippen LogP contribution in [0.4, 0.5) is 0 Å². The van der Waals surface area contributed by atoms with Gasteiger partial charge in [0.05, 0.1) is 18.5 Å². The van der Waals surface area contributed by atoms with Gasteiger partial charge < -0.3 is 10.1 Å². The highest BCUT2D eigenvalue weighted by Crippen LogP contribution is 2.25. The van der Waals surface area contributed by atoms with Gasteiger partial charge in [-0.25, -0.2) is 8.42 Å². The Morgan fingerprint density at radius 1 is 1.52 bits per heavy atom. The molecular weight excluding hydrogens is 292 g/mol. The molecular formula is C13H24N4O3S. The van der Waals surface area contributed by atoms with Crippen molar-refractivity contribution in [2.75, 3.05) is 33.4 Å². The molecule has 1 aromatic heterocycles. The summed E-state index contributed by atoms with van der Waals surface area (Å²) in [6.07, 6.45) is 4.25. The molecule has 2 rings (SSSR count). The van der Waals surface area contributed by atoms with Gasteiger partial charge in [0.2, 0.25) is 10.0 Å². The van der Waals surface area contributed by atoms with E-state index in [2.05, 4.69) is 15.5 Å². The molecule has 1 saturated heterocycles. The molecule has 0 amide bonds. The van der Waals surface area contributed by atoms with Gasteiger partial charge in [0.1, 0.15) is 4.90 Å². The summed E-state index contributed by atoms with van der Waals surface area (Å²) in [7, 11) is -1.82. The van der Waals surface area contributed by atoms with Gasteiger partial charge in [-0.2, -0.15) is 9.40 Å². The van der Waals surface area contributed by atoms with E-state index in [9.17, 15) is 8.42 Å². The molecule has 0 aromatic carbocycles. The summed E-state index contributed by atoms with van der Waals surface area (Å²) in [5.41, 5.74) is 0.590. The van der Waals surface area contributed by atoms with Crippen molar-refractivity contribution in [2.45, 2.75) is 37.1 Å². The largest absolute Gasteiger partial charge is 0.383 e. The van der Waals surface area contributed by atoms with E-state index in [-0.39, 0.29) is 10.9 Å². The lowest BCUT2D eigenvalue weighted by molar-refractivity contribution is 0.191. The smallest absolute Gasteiger partial charge is 0.246 e. The molecule has 2 heterocycles. The van der Waals surface area contributed by atoms with Crippen LogP contribution in [0, 0.1) is 6.92 Å². The predicted molar refractivity (Wildman–Crippen MR) is 79.6 cm³/mol. The van der Waals surface area contributed by atoms with Crippen molar-refractivity contribution in [2.24, 2.45) is 0 Å². The van der Waals surface area contributed by atoms with Crippen LogP contribution in [0.3, 0.4) is 0 Å². The molecule has 120 valence electrons. The zero-order chi connectivity index (χ0) is 15.3. The Bertz CT molecular complexity index is 543. The molecule has 21 heavy (non-hydrogen) atoms. The van der Waals surface area contributed by atoms with E-state index in [1.807, 2.05) is 0 Å². The maximum atomic E-state index is 12.8. The van der Waals surface area contributed by atoms with Crippen LogP contribution in [0.25, 0.3) is 0 Å². The van der Waals surface area contributed by atoms with Crippen molar-refractivity contribution >= 4 is 10.0 Å². The minimum Gasteiger partial charge on any atom is -0.383 e. The molecule has 0 spiro atoms. The minimum atomic E-state index is -3.47. The van der Waals surface area contributed by atoms with E-state index in [1.165, 1.54) is 6.20 Å². The van der Waals surface area contributed by atoms with E-state index in [1.54, 1.807) is 18.3 Å². The maximum Gasteiger partial charge on any atom is 0.246 e. The number of rotatable bonds is 7. The number of H-pyrrole nitrogens is 1. The number of nitrogens with one attached hydrogen (secondary N) is 2. The average Bonchev–Trinajstić information content (AvgIpc) is 2.91. The molecule has 1 fully saturated rings. The van der Waals surface area contributed by atoms with Gasteiger partial charge in [0, 0.05) is 32.8 Å². The van der Waals surface area contributed by atoms with E-state index in [4.69, 9.17) is 4.74 Å². The second-order valence-corrected chi connectivity index (χ2v) is 7.18. The van der Waals surface area contributed by atoms with Crippen LogP contribution >= 0.6 is 0 Å². The highest BCUT2D eigenvalue weighted by atomic mass is 32.2. The number of hydrogen-bond donors (Lipinski definition) is 2. The lowest BCUT2D eigenvalue weighted by Crippen LogP contribution is -2.48. The number of aromatic nitrogens is 2. The Labute approximate surface area is 126 Å². The third-order valence-electron chi connectivity index (χ3n) is 3.81. The second kappa shape index (κ2) is 7.35. The maximum absolute atomic E-state index is 12.8. The number of nitrogens with zero attached hydrogens (tertiary/aromatic N) is 2. The lowest BCUT2D eigenvalue weighted by Gasteiger charge is -2.34. The van der Waals surface area contributed by atoms with Crippen molar-refractivity contribution in [3.8, 4) is 0 Å². The topological polar surface area (TPSA) is 87.3 Å². The summed E-state index contributed by atoms with van der Waals surface area (Å²) in [5, 5.41) is 9.80. The van der Waals surface area contributed by atoms with Crippen molar-refractivity contribution in [1.29, 1.82) is 0 Å². The lowest BCUT2D eigenvalue weighted by atomic mass is 10.1. The third-order valence-corrected chi connectivity index (χ3v) is 5.87. The molecule has 1 unspecified atom stereocenters. The van der Waals surface area contributed by atoms with Gasteiger partial charge in [-0.15, -0.1) is 0 Å². The number of methoxy groups -OCH3 is 1. The zero-order valence-corrected chi connectivity index (χ0v) is 13.4. The van der Waals surface area contributed by atoms with Crippen molar-refractivity contribution in [3.63, 3.8) is 0 Å². The quantitative estimate of drug-likeness (QED) is 0.715. The molecule has 0 bridgehead atoms. The van der Waals surface area contributed by atoms with Crippen molar-refractivity contribution in [3.05, 3.63) is 11.9 Å². The second-order valence-electron chi connectivity index (χ2n) is 5.32. The first-order valence-corrected chi connectivity index (χ1v) is 8.73. The van der Waals surface area contributed by atoms with Gasteiger partial charge in [-0.1, -0.05) is 6.42 Å².